The molecule has 3 aromatic rings. The van der Waals surface area contributed by atoms with Crippen molar-refractivity contribution in [2.24, 2.45) is 5.92 Å². The molecule has 9 heteroatoms. The molecule has 2 heterocycles. The number of nitrogens with one attached hydrogen (secondary N) is 2. The van der Waals surface area contributed by atoms with Crippen LogP contribution in [0.3, 0.4) is 0 Å². The molecular weight excluding hydrogens is 442 g/mol. The number of aromatic nitrogens is 1. The third-order valence-corrected chi connectivity index (χ3v) is 5.62. The molecule has 7 nitrogen and oxygen atoms in total. The molecule has 0 aliphatic carbocycles. The second-order valence-corrected chi connectivity index (χ2v) is 8.05. The topological polar surface area (TPSA) is 75.7 Å². The van der Waals surface area contributed by atoms with Gasteiger partial charge in [0, 0.05) is 56.3 Å². The minimum absolute atomic E-state index is 0.230. The van der Waals surface area contributed by atoms with Crippen molar-refractivity contribution in [2.75, 3.05) is 31.6 Å². The van der Waals surface area contributed by atoms with Crippen LogP contribution in [0.2, 0.25) is 0 Å². The highest BCUT2D eigenvalue weighted by Crippen LogP contribution is 2.25. The first-order valence-electron chi connectivity index (χ1n) is 11.0. The molecular formula is C25H26F2N4O3. The van der Waals surface area contributed by atoms with E-state index in [2.05, 4.69) is 15.6 Å². The molecule has 2 N–H and O–H groups in total. The van der Waals surface area contributed by atoms with Gasteiger partial charge in [-0.25, -0.2) is 18.6 Å². The van der Waals surface area contributed by atoms with E-state index in [1.807, 2.05) is 29.2 Å². The van der Waals surface area contributed by atoms with Gasteiger partial charge in [0.1, 0.15) is 11.5 Å². The second kappa shape index (κ2) is 10.8. The van der Waals surface area contributed by atoms with Crippen molar-refractivity contribution in [1.29, 1.82) is 0 Å². The zero-order valence-corrected chi connectivity index (χ0v) is 18.8. The van der Waals surface area contributed by atoms with Crippen LogP contribution in [0.4, 0.5) is 19.3 Å². The lowest BCUT2D eigenvalue weighted by atomic mass is 10.1. The van der Waals surface area contributed by atoms with Gasteiger partial charge in [0.2, 0.25) is 5.88 Å². The van der Waals surface area contributed by atoms with E-state index >= 15 is 0 Å². The normalized spacial score (nSPS) is 15.1. The van der Waals surface area contributed by atoms with E-state index in [9.17, 15) is 13.6 Å². The maximum Gasteiger partial charge on any atom is 0.315 e. The van der Waals surface area contributed by atoms with E-state index < -0.39 is 11.6 Å². The summed E-state index contributed by atoms with van der Waals surface area (Å²) in [5.74, 6) is 0.271. The number of carbonyl (C=O) groups is 1. The molecule has 0 spiro atoms. The van der Waals surface area contributed by atoms with Crippen LogP contribution in [0, 0.1) is 17.6 Å². The largest absolute Gasteiger partial charge is 0.497 e. The van der Waals surface area contributed by atoms with Crippen molar-refractivity contribution in [2.45, 2.75) is 13.0 Å². The highest BCUT2D eigenvalue weighted by molar-refractivity contribution is 5.73. The summed E-state index contributed by atoms with van der Waals surface area (Å²) in [6, 6.07) is 14.4. The van der Waals surface area contributed by atoms with Crippen LogP contribution in [-0.2, 0) is 6.54 Å². The molecule has 1 unspecified atom stereocenters. The van der Waals surface area contributed by atoms with E-state index in [4.69, 9.17) is 9.47 Å². The van der Waals surface area contributed by atoms with Crippen LogP contribution in [0.1, 0.15) is 12.0 Å². The van der Waals surface area contributed by atoms with Gasteiger partial charge in [-0.1, -0.05) is 12.1 Å². The Morgan fingerprint density at radius 2 is 1.94 bits per heavy atom. The van der Waals surface area contributed by atoms with Crippen LogP contribution in [0.15, 0.2) is 60.8 Å². The van der Waals surface area contributed by atoms with E-state index in [-0.39, 0.29) is 11.9 Å². The highest BCUT2D eigenvalue weighted by Gasteiger charge is 2.23. The molecule has 34 heavy (non-hydrogen) atoms. The Hall–Kier alpha value is -3.88. The third kappa shape index (κ3) is 6.12. The van der Waals surface area contributed by atoms with E-state index in [0.29, 0.717) is 42.7 Å². The summed E-state index contributed by atoms with van der Waals surface area (Å²) < 4.78 is 37.5. The molecule has 1 aliphatic heterocycles. The van der Waals surface area contributed by atoms with Gasteiger partial charge in [0.05, 0.1) is 7.11 Å². The summed E-state index contributed by atoms with van der Waals surface area (Å²) in [5.41, 5.74) is 1.48. The van der Waals surface area contributed by atoms with Gasteiger partial charge in [0.25, 0.3) is 0 Å². The molecule has 1 saturated heterocycles. The van der Waals surface area contributed by atoms with Crippen LogP contribution in [0.25, 0.3) is 0 Å². The number of benzene rings is 2. The van der Waals surface area contributed by atoms with E-state index in [0.717, 1.165) is 24.6 Å². The Bertz CT molecular complexity index is 1130. The number of ether oxygens (including phenoxy) is 2. The van der Waals surface area contributed by atoms with Crippen LogP contribution >= 0.6 is 0 Å². The van der Waals surface area contributed by atoms with Crippen molar-refractivity contribution in [3.63, 3.8) is 0 Å². The average Bonchev–Trinajstić information content (AvgIpc) is 3.33. The van der Waals surface area contributed by atoms with Gasteiger partial charge in [-0.05, 0) is 42.2 Å². The summed E-state index contributed by atoms with van der Waals surface area (Å²) >= 11 is 0. The molecule has 0 bridgehead atoms. The van der Waals surface area contributed by atoms with Gasteiger partial charge in [-0.2, -0.15) is 0 Å². The van der Waals surface area contributed by atoms with Crippen molar-refractivity contribution < 1.29 is 23.0 Å². The van der Waals surface area contributed by atoms with Gasteiger partial charge in [0.15, 0.2) is 11.6 Å². The van der Waals surface area contributed by atoms with Gasteiger partial charge < -0.3 is 25.0 Å². The Morgan fingerprint density at radius 1 is 1.09 bits per heavy atom. The smallest absolute Gasteiger partial charge is 0.315 e. The van der Waals surface area contributed by atoms with Crippen LogP contribution in [0.5, 0.6) is 17.4 Å². The van der Waals surface area contributed by atoms with Crippen molar-refractivity contribution in [3.8, 4) is 17.4 Å². The number of amides is 2. The molecule has 0 radical (unpaired) electrons. The number of urea groups is 1. The molecule has 2 amide bonds. The predicted molar refractivity (Wildman–Crippen MR) is 124 cm³/mol. The minimum atomic E-state index is -0.855. The van der Waals surface area contributed by atoms with E-state index in [1.54, 1.807) is 31.5 Å². The van der Waals surface area contributed by atoms with Crippen molar-refractivity contribution >= 4 is 11.7 Å². The number of pyridine rings is 1. The van der Waals surface area contributed by atoms with Gasteiger partial charge in [-0.15, -0.1) is 0 Å². The fourth-order valence-electron chi connectivity index (χ4n) is 3.76. The lowest BCUT2D eigenvalue weighted by molar-refractivity contribution is 0.239. The maximum atomic E-state index is 13.5. The first-order valence-corrected chi connectivity index (χ1v) is 11.0. The highest BCUT2D eigenvalue weighted by atomic mass is 19.2. The molecule has 1 aliphatic rings. The molecule has 4 rings (SSSR count). The number of rotatable bonds is 8. The minimum Gasteiger partial charge on any atom is -0.497 e. The quantitative estimate of drug-likeness (QED) is 0.510. The third-order valence-electron chi connectivity index (χ3n) is 5.62. The Labute approximate surface area is 196 Å². The average molecular weight is 469 g/mol. The lowest BCUT2D eigenvalue weighted by Gasteiger charge is -2.19. The fraction of sp³-hybridized carbons (Fsp3) is 0.280. The van der Waals surface area contributed by atoms with Crippen molar-refractivity contribution in [1.82, 2.24) is 15.6 Å². The van der Waals surface area contributed by atoms with Gasteiger partial charge in [-0.3, -0.25) is 0 Å². The fourth-order valence-corrected chi connectivity index (χ4v) is 3.76. The molecule has 1 aromatic heterocycles. The monoisotopic (exact) mass is 468 g/mol. The van der Waals surface area contributed by atoms with Crippen LogP contribution in [-0.4, -0.2) is 37.8 Å². The molecule has 2 aromatic carbocycles. The zero-order valence-electron chi connectivity index (χ0n) is 18.8. The summed E-state index contributed by atoms with van der Waals surface area (Å²) in [6.07, 6.45) is 2.50. The van der Waals surface area contributed by atoms with Crippen LogP contribution < -0.4 is 25.0 Å². The summed E-state index contributed by atoms with van der Waals surface area (Å²) in [6.45, 7) is 2.22. The Kier molecular flexibility index (Phi) is 7.41. The second-order valence-electron chi connectivity index (χ2n) is 8.05. The number of nitrogens with zero attached hydrogens (tertiary/aromatic N) is 2. The zero-order chi connectivity index (χ0) is 23.9. The Balaban J connectivity index is 1.19. The standard InChI is InChI=1S/C25H26F2N4O3/c1-33-20-3-2-4-21(12-20)34-24-8-5-17(13-28-24)14-29-25(32)30-15-18-9-10-31(16-18)19-6-7-22(26)23(27)11-19/h2-8,11-13,18H,9-10,14-16H2,1H3,(H2,29,30,32). The first-order chi connectivity index (χ1) is 16.5. The van der Waals surface area contributed by atoms with E-state index in [1.165, 1.54) is 6.07 Å². The van der Waals surface area contributed by atoms with Crippen molar-refractivity contribution in [3.05, 3.63) is 78.0 Å². The molecule has 0 saturated carbocycles. The number of methoxy groups -OCH3 is 1. The maximum absolute atomic E-state index is 13.5. The number of carbonyl (C=O) groups excluding carboxylic acids is 1. The predicted octanol–water partition coefficient (Wildman–Crippen LogP) is 4.49. The lowest BCUT2D eigenvalue weighted by Crippen LogP contribution is -2.38. The number of hydrogen-bond acceptors (Lipinski definition) is 5. The molecule has 1 fully saturated rings. The summed E-state index contributed by atoms with van der Waals surface area (Å²) in [4.78, 5) is 18.5. The SMILES string of the molecule is COc1cccc(Oc2ccc(CNC(=O)NCC3CCN(c4ccc(F)c(F)c4)C3)cn2)c1. The Morgan fingerprint density at radius 3 is 2.71 bits per heavy atom. The number of hydrogen-bond donors (Lipinski definition) is 2. The molecule has 1 atom stereocenters. The molecule has 178 valence electrons. The van der Waals surface area contributed by atoms with Gasteiger partial charge >= 0.3 is 6.03 Å². The first kappa shape index (κ1) is 23.3. The summed E-state index contributed by atoms with van der Waals surface area (Å²) in [5, 5.41) is 5.69. The summed E-state index contributed by atoms with van der Waals surface area (Å²) in [7, 11) is 1.59. The number of halogens is 2. The number of anilines is 1.